The van der Waals surface area contributed by atoms with Crippen LogP contribution in [0.3, 0.4) is 0 Å². The molecule has 0 bridgehead atoms. The standard InChI is InChI=1S/C10H19F3/c1-5-6-7-9(3,4)8(2)10(11,12)13/h8H,5-7H2,1-4H3. The van der Waals surface area contributed by atoms with Gasteiger partial charge in [-0.05, 0) is 11.8 Å². The van der Waals surface area contributed by atoms with Crippen LogP contribution in [0.1, 0.15) is 47.0 Å². The minimum absolute atomic E-state index is 0.631. The van der Waals surface area contributed by atoms with Crippen LogP contribution in [0.15, 0.2) is 0 Å². The lowest BCUT2D eigenvalue weighted by molar-refractivity contribution is -0.198. The van der Waals surface area contributed by atoms with Crippen molar-refractivity contribution in [2.24, 2.45) is 11.3 Å². The Balaban J connectivity index is 4.27. The van der Waals surface area contributed by atoms with Crippen LogP contribution < -0.4 is 0 Å². The van der Waals surface area contributed by atoms with E-state index in [-0.39, 0.29) is 0 Å². The first kappa shape index (κ1) is 12.8. The van der Waals surface area contributed by atoms with E-state index < -0.39 is 17.5 Å². The van der Waals surface area contributed by atoms with Crippen molar-refractivity contribution in [1.29, 1.82) is 0 Å². The molecule has 0 spiro atoms. The summed E-state index contributed by atoms with van der Waals surface area (Å²) >= 11 is 0. The van der Waals surface area contributed by atoms with Crippen molar-refractivity contribution in [2.75, 3.05) is 0 Å². The first-order valence-corrected chi connectivity index (χ1v) is 4.78. The van der Waals surface area contributed by atoms with Gasteiger partial charge in [-0.3, -0.25) is 0 Å². The summed E-state index contributed by atoms with van der Waals surface area (Å²) in [6, 6.07) is 0. The third-order valence-electron chi connectivity index (χ3n) is 2.84. The van der Waals surface area contributed by atoms with Gasteiger partial charge in [0.2, 0.25) is 0 Å². The van der Waals surface area contributed by atoms with Gasteiger partial charge >= 0.3 is 6.18 Å². The van der Waals surface area contributed by atoms with Gasteiger partial charge in [-0.1, -0.05) is 40.5 Å². The summed E-state index contributed by atoms with van der Waals surface area (Å²) in [4.78, 5) is 0. The molecule has 0 radical (unpaired) electrons. The Morgan fingerprint density at radius 2 is 1.62 bits per heavy atom. The Morgan fingerprint density at radius 1 is 1.15 bits per heavy atom. The predicted octanol–water partition coefficient (Wildman–Crippen LogP) is 4.40. The van der Waals surface area contributed by atoms with E-state index in [1.165, 1.54) is 6.92 Å². The topological polar surface area (TPSA) is 0 Å². The van der Waals surface area contributed by atoms with Gasteiger partial charge in [-0.2, -0.15) is 13.2 Å². The highest BCUT2D eigenvalue weighted by Crippen LogP contribution is 2.42. The van der Waals surface area contributed by atoms with Crippen LogP contribution in [0.4, 0.5) is 13.2 Å². The van der Waals surface area contributed by atoms with Crippen molar-refractivity contribution in [2.45, 2.75) is 53.1 Å². The third-order valence-corrected chi connectivity index (χ3v) is 2.84. The maximum Gasteiger partial charge on any atom is 0.392 e. The summed E-state index contributed by atoms with van der Waals surface area (Å²) < 4.78 is 37.1. The number of hydrogen-bond acceptors (Lipinski definition) is 0. The number of rotatable bonds is 4. The maximum absolute atomic E-state index is 12.4. The molecule has 0 N–H and O–H groups in total. The molecular weight excluding hydrogens is 177 g/mol. The molecule has 0 heterocycles. The number of alkyl halides is 3. The van der Waals surface area contributed by atoms with E-state index in [2.05, 4.69) is 0 Å². The molecular formula is C10H19F3. The molecule has 0 nitrogen and oxygen atoms in total. The summed E-state index contributed by atoms with van der Waals surface area (Å²) in [6.45, 7) is 6.66. The Morgan fingerprint density at radius 3 is 1.92 bits per heavy atom. The van der Waals surface area contributed by atoms with Gasteiger partial charge in [-0.25, -0.2) is 0 Å². The van der Waals surface area contributed by atoms with Crippen molar-refractivity contribution < 1.29 is 13.2 Å². The molecule has 3 heteroatoms. The van der Waals surface area contributed by atoms with Crippen LogP contribution in [0.2, 0.25) is 0 Å². The normalized spacial score (nSPS) is 15.9. The van der Waals surface area contributed by atoms with E-state index in [0.717, 1.165) is 12.8 Å². The zero-order valence-corrected chi connectivity index (χ0v) is 8.83. The second-order valence-electron chi connectivity index (χ2n) is 4.36. The highest BCUT2D eigenvalue weighted by molar-refractivity contribution is 4.79. The van der Waals surface area contributed by atoms with Crippen LogP contribution in [0, 0.1) is 11.3 Å². The fraction of sp³-hybridized carbons (Fsp3) is 1.00. The largest absolute Gasteiger partial charge is 0.392 e. The second-order valence-corrected chi connectivity index (χ2v) is 4.36. The van der Waals surface area contributed by atoms with Crippen molar-refractivity contribution >= 4 is 0 Å². The predicted molar refractivity (Wildman–Crippen MR) is 48.5 cm³/mol. The smallest absolute Gasteiger partial charge is 0.171 e. The molecule has 0 aliphatic carbocycles. The molecule has 0 aliphatic heterocycles. The first-order valence-electron chi connectivity index (χ1n) is 4.78. The highest BCUT2D eigenvalue weighted by Gasteiger charge is 2.44. The van der Waals surface area contributed by atoms with E-state index in [1.807, 2.05) is 6.92 Å². The Hall–Kier alpha value is -0.210. The zero-order valence-electron chi connectivity index (χ0n) is 8.83. The molecule has 0 fully saturated rings. The van der Waals surface area contributed by atoms with Crippen LogP contribution in [0.5, 0.6) is 0 Å². The quantitative estimate of drug-likeness (QED) is 0.625. The van der Waals surface area contributed by atoms with Gasteiger partial charge in [0.25, 0.3) is 0 Å². The molecule has 0 amide bonds. The zero-order chi connectivity index (χ0) is 10.7. The van der Waals surface area contributed by atoms with Crippen LogP contribution in [-0.4, -0.2) is 6.18 Å². The van der Waals surface area contributed by atoms with Crippen molar-refractivity contribution in [1.82, 2.24) is 0 Å². The lowest BCUT2D eigenvalue weighted by Crippen LogP contribution is -2.34. The molecule has 80 valence electrons. The van der Waals surface area contributed by atoms with Gasteiger partial charge in [0.05, 0.1) is 5.92 Å². The van der Waals surface area contributed by atoms with Crippen molar-refractivity contribution in [3.8, 4) is 0 Å². The van der Waals surface area contributed by atoms with Gasteiger partial charge in [0.1, 0.15) is 0 Å². The van der Waals surface area contributed by atoms with E-state index in [1.54, 1.807) is 13.8 Å². The average molecular weight is 196 g/mol. The van der Waals surface area contributed by atoms with Crippen LogP contribution in [0.25, 0.3) is 0 Å². The number of halogens is 3. The van der Waals surface area contributed by atoms with Crippen LogP contribution >= 0.6 is 0 Å². The molecule has 0 saturated heterocycles. The second kappa shape index (κ2) is 4.34. The minimum Gasteiger partial charge on any atom is -0.171 e. The molecule has 0 aliphatic rings. The van der Waals surface area contributed by atoms with Gasteiger partial charge in [-0.15, -0.1) is 0 Å². The molecule has 1 unspecified atom stereocenters. The summed E-state index contributed by atoms with van der Waals surface area (Å²) in [5, 5.41) is 0. The molecule has 0 aromatic heterocycles. The summed E-state index contributed by atoms with van der Waals surface area (Å²) in [7, 11) is 0. The first-order chi connectivity index (χ1) is 5.72. The van der Waals surface area contributed by atoms with E-state index in [4.69, 9.17) is 0 Å². The molecule has 13 heavy (non-hydrogen) atoms. The van der Waals surface area contributed by atoms with Gasteiger partial charge < -0.3 is 0 Å². The Bertz CT molecular complexity index is 147. The van der Waals surface area contributed by atoms with E-state index >= 15 is 0 Å². The van der Waals surface area contributed by atoms with E-state index in [0.29, 0.717) is 6.42 Å². The highest BCUT2D eigenvalue weighted by atomic mass is 19.4. The Labute approximate surface area is 78.5 Å². The molecule has 0 saturated carbocycles. The van der Waals surface area contributed by atoms with Crippen molar-refractivity contribution in [3.05, 3.63) is 0 Å². The minimum atomic E-state index is -4.06. The fourth-order valence-corrected chi connectivity index (χ4v) is 1.29. The third kappa shape index (κ3) is 4.01. The molecule has 0 aromatic carbocycles. The van der Waals surface area contributed by atoms with Gasteiger partial charge in [0, 0.05) is 0 Å². The lowest BCUT2D eigenvalue weighted by atomic mass is 9.76. The van der Waals surface area contributed by atoms with E-state index in [9.17, 15) is 13.2 Å². The van der Waals surface area contributed by atoms with Gasteiger partial charge in [0.15, 0.2) is 0 Å². The SMILES string of the molecule is CCCCC(C)(C)C(C)C(F)(F)F. The Kier molecular flexibility index (Phi) is 4.27. The molecule has 1 atom stereocenters. The van der Waals surface area contributed by atoms with Crippen molar-refractivity contribution in [3.63, 3.8) is 0 Å². The average Bonchev–Trinajstić information content (AvgIpc) is 1.98. The summed E-state index contributed by atoms with van der Waals surface area (Å²) in [5.74, 6) is -1.22. The van der Waals surface area contributed by atoms with Crippen LogP contribution in [-0.2, 0) is 0 Å². The fourth-order valence-electron chi connectivity index (χ4n) is 1.29. The molecule has 0 rings (SSSR count). The molecule has 0 aromatic rings. The summed E-state index contributed by atoms with van der Waals surface area (Å²) in [5.41, 5.74) is -0.631. The number of hydrogen-bond donors (Lipinski definition) is 0. The maximum atomic E-state index is 12.4. The summed E-state index contributed by atoms with van der Waals surface area (Å²) in [6.07, 6.45) is -1.59. The lowest BCUT2D eigenvalue weighted by Gasteiger charge is -2.33. The number of unbranched alkanes of at least 4 members (excludes halogenated alkanes) is 1. The monoisotopic (exact) mass is 196 g/mol.